The zero-order valence-corrected chi connectivity index (χ0v) is 11.8. The van der Waals surface area contributed by atoms with Gasteiger partial charge in [-0.25, -0.2) is 9.97 Å². The molecular weight excluding hydrogens is 228 g/mol. The third-order valence-electron chi connectivity index (χ3n) is 2.86. The Morgan fingerprint density at radius 1 is 1.33 bits per heavy atom. The lowest BCUT2D eigenvalue weighted by Crippen LogP contribution is -2.35. The van der Waals surface area contributed by atoms with Crippen LogP contribution in [0, 0.1) is 0 Å². The van der Waals surface area contributed by atoms with Gasteiger partial charge >= 0.3 is 0 Å². The van der Waals surface area contributed by atoms with E-state index in [-0.39, 0.29) is 6.61 Å². The van der Waals surface area contributed by atoms with Crippen LogP contribution in [-0.4, -0.2) is 40.8 Å². The molecule has 1 rings (SSSR count). The minimum atomic E-state index is 0.127. The molecule has 1 aromatic rings. The van der Waals surface area contributed by atoms with Gasteiger partial charge in [0.2, 0.25) is 0 Å². The number of anilines is 2. The quantitative estimate of drug-likeness (QED) is 0.773. The van der Waals surface area contributed by atoms with Crippen LogP contribution < -0.4 is 10.2 Å². The van der Waals surface area contributed by atoms with Crippen molar-refractivity contribution in [3.8, 4) is 0 Å². The van der Waals surface area contributed by atoms with E-state index >= 15 is 0 Å². The second-order valence-corrected chi connectivity index (χ2v) is 4.42. The maximum absolute atomic E-state index is 9.18. The van der Waals surface area contributed by atoms with E-state index in [1.165, 1.54) is 0 Å². The normalized spacial score (nSPS) is 10.8. The van der Waals surface area contributed by atoms with Crippen LogP contribution in [-0.2, 0) is 6.42 Å². The maximum atomic E-state index is 9.18. The van der Waals surface area contributed by atoms with Gasteiger partial charge in [0.05, 0.1) is 6.61 Å². The molecule has 18 heavy (non-hydrogen) atoms. The highest BCUT2D eigenvalue weighted by Crippen LogP contribution is 2.25. The topological polar surface area (TPSA) is 61.3 Å². The highest BCUT2D eigenvalue weighted by Gasteiger charge is 2.17. The zero-order valence-electron chi connectivity index (χ0n) is 11.8. The Morgan fingerprint density at radius 3 is 2.56 bits per heavy atom. The van der Waals surface area contributed by atoms with Crippen LogP contribution in [0.2, 0.25) is 0 Å². The number of aliphatic hydroxyl groups is 1. The molecule has 0 aliphatic rings. The molecule has 102 valence electrons. The summed E-state index contributed by atoms with van der Waals surface area (Å²) in [7, 11) is 0. The first-order valence-corrected chi connectivity index (χ1v) is 6.60. The van der Waals surface area contributed by atoms with Crippen LogP contribution in [0.1, 0.15) is 33.3 Å². The Hall–Kier alpha value is -1.36. The molecule has 0 amide bonds. The van der Waals surface area contributed by atoms with Gasteiger partial charge in [-0.1, -0.05) is 6.92 Å². The van der Waals surface area contributed by atoms with Gasteiger partial charge in [-0.3, -0.25) is 0 Å². The molecule has 0 spiro atoms. The summed E-state index contributed by atoms with van der Waals surface area (Å²) in [6, 6.07) is 0.298. The van der Waals surface area contributed by atoms with Crippen LogP contribution in [0.3, 0.4) is 0 Å². The summed E-state index contributed by atoms with van der Waals surface area (Å²) in [5.41, 5.74) is 1.11. The van der Waals surface area contributed by atoms with Crippen LogP contribution >= 0.6 is 0 Å². The van der Waals surface area contributed by atoms with Crippen LogP contribution in [0.15, 0.2) is 6.33 Å². The summed E-state index contributed by atoms with van der Waals surface area (Å²) in [6.07, 6.45) is 2.45. The largest absolute Gasteiger partial charge is 0.395 e. The summed E-state index contributed by atoms with van der Waals surface area (Å²) in [4.78, 5) is 10.8. The van der Waals surface area contributed by atoms with Gasteiger partial charge in [0, 0.05) is 24.7 Å². The first-order valence-electron chi connectivity index (χ1n) is 6.60. The molecule has 5 nitrogen and oxygen atoms in total. The summed E-state index contributed by atoms with van der Waals surface area (Å²) >= 11 is 0. The minimum absolute atomic E-state index is 0.127. The van der Waals surface area contributed by atoms with E-state index < -0.39 is 0 Å². The molecule has 0 atom stereocenters. The van der Waals surface area contributed by atoms with Crippen molar-refractivity contribution in [3.05, 3.63) is 11.9 Å². The van der Waals surface area contributed by atoms with Crippen molar-refractivity contribution >= 4 is 11.6 Å². The smallest absolute Gasteiger partial charge is 0.137 e. The molecule has 0 aliphatic carbocycles. The first-order chi connectivity index (χ1) is 8.65. The van der Waals surface area contributed by atoms with Crippen molar-refractivity contribution in [2.24, 2.45) is 0 Å². The number of rotatable bonds is 7. The van der Waals surface area contributed by atoms with Gasteiger partial charge in [-0.05, 0) is 27.2 Å². The molecule has 1 heterocycles. The predicted molar refractivity (Wildman–Crippen MR) is 75.1 cm³/mol. The lowest BCUT2D eigenvalue weighted by Gasteiger charge is -2.29. The highest BCUT2D eigenvalue weighted by molar-refractivity contribution is 5.59. The van der Waals surface area contributed by atoms with Crippen molar-refractivity contribution in [1.82, 2.24) is 9.97 Å². The molecule has 0 saturated heterocycles. The molecule has 2 N–H and O–H groups in total. The summed E-state index contributed by atoms with van der Waals surface area (Å²) in [6.45, 7) is 9.91. The van der Waals surface area contributed by atoms with Crippen molar-refractivity contribution in [2.75, 3.05) is 29.9 Å². The summed E-state index contributed by atoms with van der Waals surface area (Å²) in [5.74, 6) is 1.82. The Kier molecular flexibility index (Phi) is 5.85. The number of nitrogens with one attached hydrogen (secondary N) is 1. The fraction of sp³-hybridized carbons (Fsp3) is 0.692. The second kappa shape index (κ2) is 7.16. The predicted octanol–water partition coefficient (Wildman–Crippen LogP) is 1.68. The molecular formula is C13H24N4O. The molecule has 5 heteroatoms. The Morgan fingerprint density at radius 2 is 2.06 bits per heavy atom. The Balaban J connectivity index is 3.15. The fourth-order valence-corrected chi connectivity index (χ4v) is 2.01. The van der Waals surface area contributed by atoms with Crippen molar-refractivity contribution < 1.29 is 5.11 Å². The van der Waals surface area contributed by atoms with E-state index in [0.717, 1.165) is 30.2 Å². The number of aromatic nitrogens is 2. The van der Waals surface area contributed by atoms with E-state index in [9.17, 15) is 5.11 Å². The van der Waals surface area contributed by atoms with Crippen LogP contribution in [0.4, 0.5) is 11.6 Å². The summed E-state index contributed by atoms with van der Waals surface area (Å²) in [5, 5.41) is 12.4. The van der Waals surface area contributed by atoms with Gasteiger partial charge in [-0.15, -0.1) is 0 Å². The fourth-order valence-electron chi connectivity index (χ4n) is 2.01. The average Bonchev–Trinajstić information content (AvgIpc) is 2.35. The molecule has 0 radical (unpaired) electrons. The molecule has 0 saturated carbocycles. The standard InChI is InChI=1S/C13H24N4O/c1-5-11-12(14-6-2)15-9-16-13(11)17(7-8-18)10(3)4/h9-10,18H,5-8H2,1-4H3,(H,14,15,16). The number of hydrogen-bond acceptors (Lipinski definition) is 5. The lowest BCUT2D eigenvalue weighted by atomic mass is 10.1. The number of hydrogen-bond donors (Lipinski definition) is 2. The molecule has 0 fully saturated rings. The Bertz CT molecular complexity index is 368. The number of nitrogens with zero attached hydrogens (tertiary/aromatic N) is 3. The van der Waals surface area contributed by atoms with E-state index in [1.54, 1.807) is 6.33 Å². The highest BCUT2D eigenvalue weighted by atomic mass is 16.3. The third-order valence-corrected chi connectivity index (χ3v) is 2.86. The molecule has 0 unspecified atom stereocenters. The number of aliphatic hydroxyl groups excluding tert-OH is 1. The van der Waals surface area contributed by atoms with Gasteiger partial charge < -0.3 is 15.3 Å². The Labute approximate surface area is 109 Å². The minimum Gasteiger partial charge on any atom is -0.395 e. The maximum Gasteiger partial charge on any atom is 0.137 e. The van der Waals surface area contributed by atoms with Gasteiger partial charge in [0.25, 0.3) is 0 Å². The van der Waals surface area contributed by atoms with Crippen LogP contribution in [0.25, 0.3) is 0 Å². The van der Waals surface area contributed by atoms with Crippen LogP contribution in [0.5, 0.6) is 0 Å². The lowest BCUT2D eigenvalue weighted by molar-refractivity contribution is 0.298. The van der Waals surface area contributed by atoms with Gasteiger partial charge in [0.15, 0.2) is 0 Å². The van der Waals surface area contributed by atoms with Gasteiger partial charge in [-0.2, -0.15) is 0 Å². The molecule has 0 bridgehead atoms. The van der Waals surface area contributed by atoms with Crippen molar-refractivity contribution in [2.45, 2.75) is 40.2 Å². The molecule has 1 aromatic heterocycles. The zero-order chi connectivity index (χ0) is 13.5. The second-order valence-electron chi connectivity index (χ2n) is 4.42. The van der Waals surface area contributed by atoms with Gasteiger partial charge in [0.1, 0.15) is 18.0 Å². The van der Waals surface area contributed by atoms with E-state index in [4.69, 9.17) is 0 Å². The summed E-state index contributed by atoms with van der Waals surface area (Å²) < 4.78 is 0. The van der Waals surface area contributed by atoms with Crippen molar-refractivity contribution in [1.29, 1.82) is 0 Å². The molecule has 0 aliphatic heterocycles. The monoisotopic (exact) mass is 252 g/mol. The van der Waals surface area contributed by atoms with E-state index in [2.05, 4.69) is 47.9 Å². The van der Waals surface area contributed by atoms with E-state index in [1.807, 2.05) is 0 Å². The molecule has 0 aromatic carbocycles. The SMILES string of the molecule is CCNc1ncnc(N(CCO)C(C)C)c1CC. The van der Waals surface area contributed by atoms with E-state index in [0.29, 0.717) is 12.6 Å². The van der Waals surface area contributed by atoms with Crippen molar-refractivity contribution in [3.63, 3.8) is 0 Å². The third kappa shape index (κ3) is 3.32. The first kappa shape index (κ1) is 14.7. The average molecular weight is 252 g/mol.